The molecule has 0 saturated carbocycles. The van der Waals surface area contributed by atoms with Gasteiger partial charge >= 0.3 is 0 Å². The summed E-state index contributed by atoms with van der Waals surface area (Å²) >= 11 is 0. The highest BCUT2D eigenvalue weighted by Gasteiger charge is 2.20. The molecule has 4 aromatic carbocycles. The number of allylic oxidation sites excluding steroid dienone is 1. The fourth-order valence-electron chi connectivity index (χ4n) is 4.54. The Labute approximate surface area is 223 Å². The first-order valence-electron chi connectivity index (χ1n) is 12.1. The third kappa shape index (κ3) is 5.54. The van der Waals surface area contributed by atoms with E-state index >= 15 is 0 Å². The molecule has 6 nitrogen and oxygen atoms in total. The van der Waals surface area contributed by atoms with Crippen LogP contribution in [0.5, 0.6) is 5.75 Å². The second kappa shape index (κ2) is 11.0. The number of phenols is 1. The summed E-state index contributed by atoms with van der Waals surface area (Å²) in [5.41, 5.74) is 6.55. The molecule has 0 fully saturated rings. The van der Waals surface area contributed by atoms with Gasteiger partial charge in [0.25, 0.3) is 0 Å². The van der Waals surface area contributed by atoms with Gasteiger partial charge in [0.2, 0.25) is 11.0 Å². The summed E-state index contributed by atoms with van der Waals surface area (Å²) < 4.78 is 34.0. The summed E-state index contributed by atoms with van der Waals surface area (Å²) in [6.07, 6.45) is 1.96. The number of hydrogen-bond donors (Lipinski definition) is 1. The number of rotatable bonds is 5. The smallest absolute Gasteiger partial charge is 0.213 e. The Bertz CT molecular complexity index is 1670. The van der Waals surface area contributed by atoms with E-state index in [-0.39, 0.29) is 10.6 Å². The average molecular weight is 527 g/mol. The number of nitrogens with zero attached hydrogens (tertiary/aromatic N) is 2. The molecule has 0 spiro atoms. The number of fused-ring (bicyclic) bond motifs is 2. The van der Waals surface area contributed by atoms with Crippen LogP contribution in [-0.4, -0.2) is 32.2 Å². The third-order valence-corrected chi connectivity index (χ3v) is 7.33. The minimum atomic E-state index is -4.47. The van der Waals surface area contributed by atoms with E-state index in [9.17, 15) is 13.0 Å². The monoisotopic (exact) mass is 526 g/mol. The molecule has 38 heavy (non-hydrogen) atoms. The Balaban J connectivity index is 0.000000236. The minimum absolute atomic E-state index is 0.227. The van der Waals surface area contributed by atoms with Crippen LogP contribution >= 0.6 is 0 Å². The number of phenolic OH excluding ortho intramolecular Hbond substituents is 1. The van der Waals surface area contributed by atoms with Crippen molar-refractivity contribution >= 4 is 37.6 Å². The lowest BCUT2D eigenvalue weighted by Gasteiger charge is -2.15. The molecule has 0 radical (unpaired) electrons. The highest BCUT2D eigenvalue weighted by Crippen LogP contribution is 2.34. The maximum Gasteiger partial charge on any atom is 0.213 e. The summed E-state index contributed by atoms with van der Waals surface area (Å²) in [7, 11) is -0.326. The first kappa shape index (κ1) is 26.9. The van der Waals surface area contributed by atoms with Gasteiger partial charge in [-0.05, 0) is 60.5 Å². The van der Waals surface area contributed by atoms with E-state index in [2.05, 4.69) is 103 Å². The summed E-state index contributed by atoms with van der Waals surface area (Å²) in [5, 5.41) is 11.4. The quantitative estimate of drug-likeness (QED) is 0.135. The first-order chi connectivity index (χ1) is 18.1. The zero-order valence-corrected chi connectivity index (χ0v) is 22.4. The van der Waals surface area contributed by atoms with E-state index in [4.69, 9.17) is 5.11 Å². The van der Waals surface area contributed by atoms with Crippen molar-refractivity contribution in [3.63, 3.8) is 0 Å². The van der Waals surface area contributed by atoms with Crippen LogP contribution in [0.3, 0.4) is 0 Å². The molecule has 0 aliphatic heterocycles. The second-order valence-electron chi connectivity index (χ2n) is 9.15. The number of anilines is 1. The fourth-order valence-corrected chi connectivity index (χ4v) is 5.26. The third-order valence-electron chi connectivity index (χ3n) is 6.35. The van der Waals surface area contributed by atoms with Crippen LogP contribution < -0.4 is 9.47 Å². The van der Waals surface area contributed by atoms with E-state index in [0.29, 0.717) is 5.56 Å². The van der Waals surface area contributed by atoms with E-state index in [1.165, 1.54) is 57.7 Å². The summed E-state index contributed by atoms with van der Waals surface area (Å²) in [6, 6.07) is 29.7. The van der Waals surface area contributed by atoms with Gasteiger partial charge in [0.1, 0.15) is 15.9 Å². The van der Waals surface area contributed by atoms with Crippen LogP contribution in [0.25, 0.3) is 32.9 Å². The Morgan fingerprint density at radius 2 is 1.45 bits per heavy atom. The predicted molar refractivity (Wildman–Crippen MR) is 152 cm³/mol. The van der Waals surface area contributed by atoms with Crippen molar-refractivity contribution in [1.82, 2.24) is 0 Å². The van der Waals surface area contributed by atoms with Gasteiger partial charge in [-0.2, -0.15) is 4.57 Å². The van der Waals surface area contributed by atoms with Crippen LogP contribution in [0.2, 0.25) is 0 Å². The molecule has 0 aliphatic rings. The number of hydrogen-bond acceptors (Lipinski definition) is 5. The molecule has 1 heterocycles. The Morgan fingerprint density at radius 3 is 1.92 bits per heavy atom. The van der Waals surface area contributed by atoms with Crippen LogP contribution in [0.15, 0.2) is 109 Å². The van der Waals surface area contributed by atoms with Crippen molar-refractivity contribution in [2.45, 2.75) is 18.4 Å². The van der Waals surface area contributed by atoms with Gasteiger partial charge in [-0.15, -0.1) is 0 Å². The molecule has 194 valence electrons. The Hall–Kier alpha value is -4.20. The SMILES string of the molecule is C=CC[n+]1c2ccccc2c(-c2ccc(N(C)C)cc2)c2ccccc21.Cc1ccc(O)cc1S(=O)(=O)[O-]. The zero-order valence-electron chi connectivity index (χ0n) is 21.6. The molecular formula is C31H30N2O4S. The molecule has 0 aliphatic carbocycles. The van der Waals surface area contributed by atoms with E-state index in [0.717, 1.165) is 12.6 Å². The molecule has 1 N–H and O–H groups in total. The lowest BCUT2D eigenvalue weighted by Crippen LogP contribution is -2.34. The molecule has 0 bridgehead atoms. The van der Waals surface area contributed by atoms with Crippen LogP contribution in [0.4, 0.5) is 5.69 Å². The minimum Gasteiger partial charge on any atom is -0.744 e. The summed E-state index contributed by atoms with van der Waals surface area (Å²) in [5.74, 6) is -0.227. The van der Waals surface area contributed by atoms with E-state index in [1.807, 2.05) is 6.08 Å². The standard InChI is InChI=1S/C24H23N2.C7H8O4S/c1-4-17-26-22-11-7-5-9-20(22)24(21-10-6-8-12-23(21)26)18-13-15-19(16-14-18)25(2)3;1-5-2-3-6(8)4-7(5)12(9,10)11/h4-16H,1,17H2,2-3H3;2-4,8H,1H3,(H,9,10,11)/q+1;/p-1. The number of aryl methyl sites for hydroxylation is 1. The van der Waals surface area contributed by atoms with Gasteiger partial charge in [0.15, 0.2) is 6.54 Å². The second-order valence-corrected chi connectivity index (χ2v) is 10.5. The lowest BCUT2D eigenvalue weighted by atomic mass is 9.95. The number of para-hydroxylation sites is 2. The fraction of sp³-hybridized carbons (Fsp3) is 0.129. The van der Waals surface area contributed by atoms with Crippen molar-refractivity contribution in [2.75, 3.05) is 19.0 Å². The van der Waals surface area contributed by atoms with Crippen molar-refractivity contribution < 1.29 is 22.6 Å². The molecule has 0 saturated heterocycles. The summed E-state index contributed by atoms with van der Waals surface area (Å²) in [6.45, 7) is 6.23. The van der Waals surface area contributed by atoms with Crippen LogP contribution in [0, 0.1) is 6.92 Å². The number of aromatic nitrogens is 1. The number of benzene rings is 4. The molecule has 0 amide bonds. The molecule has 1 aromatic heterocycles. The van der Waals surface area contributed by atoms with Gasteiger partial charge in [0.05, 0.1) is 15.7 Å². The highest BCUT2D eigenvalue weighted by molar-refractivity contribution is 7.85. The molecule has 7 heteroatoms. The molecule has 0 atom stereocenters. The molecular weight excluding hydrogens is 496 g/mol. The first-order valence-corrected chi connectivity index (χ1v) is 13.5. The van der Waals surface area contributed by atoms with Crippen LogP contribution in [0.1, 0.15) is 5.56 Å². The van der Waals surface area contributed by atoms with Crippen molar-refractivity contribution in [3.05, 3.63) is 109 Å². The maximum atomic E-state index is 10.5. The average Bonchev–Trinajstić information content (AvgIpc) is 2.90. The van der Waals surface area contributed by atoms with Crippen LogP contribution in [-0.2, 0) is 16.7 Å². The lowest BCUT2D eigenvalue weighted by molar-refractivity contribution is -0.634. The van der Waals surface area contributed by atoms with E-state index in [1.54, 1.807) is 0 Å². The molecule has 5 aromatic rings. The van der Waals surface area contributed by atoms with Crippen molar-refractivity contribution in [2.24, 2.45) is 0 Å². The molecule has 5 rings (SSSR count). The number of aromatic hydroxyl groups is 1. The van der Waals surface area contributed by atoms with Gasteiger partial charge in [-0.3, -0.25) is 0 Å². The zero-order chi connectivity index (χ0) is 27.4. The predicted octanol–water partition coefficient (Wildman–Crippen LogP) is 5.80. The van der Waals surface area contributed by atoms with Crippen molar-refractivity contribution in [1.29, 1.82) is 0 Å². The van der Waals surface area contributed by atoms with E-state index < -0.39 is 10.1 Å². The van der Waals surface area contributed by atoms with Gasteiger partial charge in [-0.25, -0.2) is 8.42 Å². The van der Waals surface area contributed by atoms with Gasteiger partial charge < -0.3 is 14.6 Å². The Kier molecular flexibility index (Phi) is 7.80. The Morgan fingerprint density at radius 1 is 0.895 bits per heavy atom. The summed E-state index contributed by atoms with van der Waals surface area (Å²) in [4.78, 5) is 1.76. The maximum absolute atomic E-state index is 10.5. The number of pyridine rings is 1. The van der Waals surface area contributed by atoms with Gasteiger partial charge in [0, 0.05) is 37.5 Å². The largest absolute Gasteiger partial charge is 0.744 e. The molecule has 0 unspecified atom stereocenters. The normalized spacial score (nSPS) is 11.2. The van der Waals surface area contributed by atoms with Crippen molar-refractivity contribution in [3.8, 4) is 16.9 Å². The topological polar surface area (TPSA) is 84.5 Å². The van der Waals surface area contributed by atoms with Gasteiger partial charge in [-0.1, -0.05) is 49.0 Å². The highest BCUT2D eigenvalue weighted by atomic mass is 32.2.